The predicted octanol–water partition coefficient (Wildman–Crippen LogP) is 3.57. The largest absolute Gasteiger partial charge is 0.454 e. The Morgan fingerprint density at radius 3 is 2.78 bits per heavy atom. The summed E-state index contributed by atoms with van der Waals surface area (Å²) in [6.45, 7) is 0.873. The number of ether oxygens (including phenoxy) is 2. The van der Waals surface area contributed by atoms with Crippen molar-refractivity contribution in [2.45, 2.75) is 32.1 Å². The number of allylic oxidation sites excluding steroid dienone is 1. The first-order valence-electron chi connectivity index (χ1n) is 9.23. The number of anilines is 2. The highest BCUT2D eigenvalue weighted by Gasteiger charge is 2.14. The van der Waals surface area contributed by atoms with Crippen molar-refractivity contribution in [1.82, 2.24) is 15.3 Å². The van der Waals surface area contributed by atoms with Gasteiger partial charge in [0.05, 0.1) is 5.56 Å². The molecule has 7 heteroatoms. The second-order valence-electron chi connectivity index (χ2n) is 6.60. The van der Waals surface area contributed by atoms with Crippen LogP contribution in [0.2, 0.25) is 0 Å². The van der Waals surface area contributed by atoms with Crippen molar-refractivity contribution in [3.05, 3.63) is 47.8 Å². The lowest BCUT2D eigenvalue weighted by atomic mass is 9.97. The van der Waals surface area contributed by atoms with E-state index in [0.29, 0.717) is 23.8 Å². The van der Waals surface area contributed by atoms with E-state index in [1.807, 2.05) is 18.2 Å². The van der Waals surface area contributed by atoms with Crippen LogP contribution in [0, 0.1) is 0 Å². The number of amides is 1. The van der Waals surface area contributed by atoms with Crippen LogP contribution < -0.4 is 20.1 Å². The van der Waals surface area contributed by atoms with Crippen LogP contribution in [0.15, 0.2) is 42.2 Å². The van der Waals surface area contributed by atoms with E-state index in [0.717, 1.165) is 30.7 Å². The van der Waals surface area contributed by atoms with Gasteiger partial charge in [0.15, 0.2) is 11.5 Å². The van der Waals surface area contributed by atoms with Crippen LogP contribution in [0.3, 0.4) is 0 Å². The van der Waals surface area contributed by atoms with Gasteiger partial charge in [0.1, 0.15) is 0 Å². The molecular formula is C20H22N4O3. The number of nitrogens with one attached hydrogen (secondary N) is 2. The van der Waals surface area contributed by atoms with E-state index in [1.165, 1.54) is 30.8 Å². The third kappa shape index (κ3) is 4.36. The van der Waals surface area contributed by atoms with Crippen LogP contribution in [0.1, 0.15) is 42.5 Å². The average molecular weight is 366 g/mol. The second-order valence-corrected chi connectivity index (χ2v) is 6.60. The van der Waals surface area contributed by atoms with E-state index in [1.54, 1.807) is 0 Å². The Morgan fingerprint density at radius 1 is 1.11 bits per heavy atom. The fourth-order valence-corrected chi connectivity index (χ4v) is 3.18. The first-order chi connectivity index (χ1) is 13.3. The van der Waals surface area contributed by atoms with Gasteiger partial charge in [-0.05, 0) is 44.2 Å². The molecule has 140 valence electrons. The minimum absolute atomic E-state index is 0.152. The molecule has 4 rings (SSSR count). The van der Waals surface area contributed by atoms with Gasteiger partial charge in [-0.15, -0.1) is 0 Å². The number of benzene rings is 1. The molecule has 0 bridgehead atoms. The van der Waals surface area contributed by atoms with Crippen molar-refractivity contribution in [2.24, 2.45) is 0 Å². The zero-order chi connectivity index (χ0) is 18.5. The summed E-state index contributed by atoms with van der Waals surface area (Å²) in [5.74, 6) is 1.67. The van der Waals surface area contributed by atoms with E-state index in [2.05, 4.69) is 26.7 Å². The zero-order valence-electron chi connectivity index (χ0n) is 15.0. The van der Waals surface area contributed by atoms with Gasteiger partial charge in [-0.25, -0.2) is 9.97 Å². The lowest BCUT2D eigenvalue weighted by molar-refractivity contribution is 0.0953. The highest BCUT2D eigenvalue weighted by atomic mass is 16.7. The fourth-order valence-electron chi connectivity index (χ4n) is 3.18. The highest BCUT2D eigenvalue weighted by molar-refractivity contribution is 5.93. The number of aromatic nitrogens is 2. The molecule has 2 N–H and O–H groups in total. The van der Waals surface area contributed by atoms with Gasteiger partial charge in [-0.1, -0.05) is 11.6 Å². The molecule has 1 aromatic carbocycles. The fraction of sp³-hybridized carbons (Fsp3) is 0.350. The van der Waals surface area contributed by atoms with Gasteiger partial charge in [-0.3, -0.25) is 4.79 Å². The maximum atomic E-state index is 12.2. The SMILES string of the molecule is O=C(NCCC1=CCCCC1)c1cnc(Nc2ccc3c(c2)OCO3)nc1. The maximum absolute atomic E-state index is 12.2. The molecule has 0 radical (unpaired) electrons. The predicted molar refractivity (Wildman–Crippen MR) is 101 cm³/mol. The highest BCUT2D eigenvalue weighted by Crippen LogP contribution is 2.34. The molecule has 1 aromatic heterocycles. The van der Waals surface area contributed by atoms with E-state index >= 15 is 0 Å². The Hall–Kier alpha value is -3.09. The number of carbonyl (C=O) groups is 1. The maximum Gasteiger partial charge on any atom is 0.254 e. The number of nitrogens with zero attached hydrogens (tertiary/aromatic N) is 2. The summed E-state index contributed by atoms with van der Waals surface area (Å²) < 4.78 is 10.6. The average Bonchev–Trinajstić information content (AvgIpc) is 3.17. The van der Waals surface area contributed by atoms with E-state index in [9.17, 15) is 4.79 Å². The minimum atomic E-state index is -0.152. The third-order valence-corrected chi connectivity index (χ3v) is 4.66. The summed E-state index contributed by atoms with van der Waals surface area (Å²) >= 11 is 0. The number of carbonyl (C=O) groups excluding carboxylic acids is 1. The Bertz CT molecular complexity index is 849. The second kappa shape index (κ2) is 8.07. The van der Waals surface area contributed by atoms with E-state index in [-0.39, 0.29) is 12.7 Å². The van der Waals surface area contributed by atoms with Crippen LogP contribution in [-0.4, -0.2) is 29.2 Å². The smallest absolute Gasteiger partial charge is 0.254 e. The van der Waals surface area contributed by atoms with Crippen LogP contribution in [-0.2, 0) is 0 Å². The number of fused-ring (bicyclic) bond motifs is 1. The molecule has 0 unspecified atom stereocenters. The molecule has 1 aliphatic heterocycles. The monoisotopic (exact) mass is 366 g/mol. The molecule has 7 nitrogen and oxygen atoms in total. The van der Waals surface area contributed by atoms with Crippen molar-refractivity contribution < 1.29 is 14.3 Å². The molecule has 0 saturated heterocycles. The van der Waals surface area contributed by atoms with Crippen molar-refractivity contribution >= 4 is 17.5 Å². The summed E-state index contributed by atoms with van der Waals surface area (Å²) in [4.78, 5) is 20.7. The van der Waals surface area contributed by atoms with E-state index in [4.69, 9.17) is 9.47 Å². The first-order valence-corrected chi connectivity index (χ1v) is 9.23. The number of rotatable bonds is 6. The van der Waals surface area contributed by atoms with Gasteiger partial charge in [0.25, 0.3) is 5.91 Å². The molecular weight excluding hydrogens is 344 g/mol. The molecule has 0 fully saturated rings. The summed E-state index contributed by atoms with van der Waals surface area (Å²) in [7, 11) is 0. The summed E-state index contributed by atoms with van der Waals surface area (Å²) in [6.07, 6.45) is 11.1. The Morgan fingerprint density at radius 2 is 1.96 bits per heavy atom. The first kappa shape index (κ1) is 17.3. The zero-order valence-corrected chi connectivity index (χ0v) is 15.0. The van der Waals surface area contributed by atoms with Crippen molar-refractivity contribution in [3.63, 3.8) is 0 Å². The molecule has 2 heterocycles. The molecule has 1 aliphatic carbocycles. The van der Waals surface area contributed by atoms with Crippen LogP contribution >= 0.6 is 0 Å². The topological polar surface area (TPSA) is 85.4 Å². The van der Waals surface area contributed by atoms with Crippen molar-refractivity contribution in [2.75, 3.05) is 18.7 Å². The van der Waals surface area contributed by atoms with Gasteiger partial charge in [0, 0.05) is 30.7 Å². The lowest BCUT2D eigenvalue weighted by Gasteiger charge is -2.13. The van der Waals surface area contributed by atoms with Crippen LogP contribution in [0.25, 0.3) is 0 Å². The molecule has 0 atom stereocenters. The van der Waals surface area contributed by atoms with Gasteiger partial charge in [0.2, 0.25) is 12.7 Å². The molecule has 0 spiro atoms. The van der Waals surface area contributed by atoms with Crippen molar-refractivity contribution in [3.8, 4) is 11.5 Å². The normalized spacial score (nSPS) is 15.2. The molecule has 27 heavy (non-hydrogen) atoms. The third-order valence-electron chi connectivity index (χ3n) is 4.66. The Balaban J connectivity index is 1.30. The Labute approximate surface area is 157 Å². The van der Waals surface area contributed by atoms with Crippen LogP contribution in [0.4, 0.5) is 11.6 Å². The van der Waals surface area contributed by atoms with Crippen LogP contribution in [0.5, 0.6) is 11.5 Å². The standard InChI is InChI=1S/C20H22N4O3/c25-19(21-9-8-14-4-2-1-3-5-14)15-11-22-20(23-12-15)24-16-6-7-17-18(10-16)27-13-26-17/h4,6-7,10-12H,1-3,5,8-9,13H2,(H,21,25)(H,22,23,24). The van der Waals surface area contributed by atoms with Gasteiger partial charge in [-0.2, -0.15) is 0 Å². The lowest BCUT2D eigenvalue weighted by Crippen LogP contribution is -2.25. The number of hydrogen-bond donors (Lipinski definition) is 2. The molecule has 2 aromatic rings. The Kier molecular flexibility index (Phi) is 5.18. The van der Waals surface area contributed by atoms with Crippen molar-refractivity contribution in [1.29, 1.82) is 0 Å². The molecule has 2 aliphatic rings. The van der Waals surface area contributed by atoms with Gasteiger partial charge < -0.3 is 20.1 Å². The summed E-state index contributed by atoms with van der Waals surface area (Å²) in [5.41, 5.74) is 2.68. The molecule has 0 saturated carbocycles. The summed E-state index contributed by atoms with van der Waals surface area (Å²) in [6, 6.07) is 5.51. The quantitative estimate of drug-likeness (QED) is 0.760. The summed E-state index contributed by atoms with van der Waals surface area (Å²) in [5, 5.41) is 6.02. The number of hydrogen-bond acceptors (Lipinski definition) is 6. The minimum Gasteiger partial charge on any atom is -0.454 e. The van der Waals surface area contributed by atoms with E-state index < -0.39 is 0 Å². The van der Waals surface area contributed by atoms with Gasteiger partial charge >= 0.3 is 0 Å². The molecule has 1 amide bonds.